The third-order valence-corrected chi connectivity index (χ3v) is 4.08. The fourth-order valence-electron chi connectivity index (χ4n) is 1.90. The Bertz CT molecular complexity index is 609. The SMILES string of the molecule is CC(=O)NCCc1cn(Cc2cccc(C)c2Br)nn1. The van der Waals surface area contributed by atoms with Crippen LogP contribution in [0.4, 0.5) is 0 Å². The first-order chi connectivity index (χ1) is 9.56. The van der Waals surface area contributed by atoms with Gasteiger partial charge in [-0.2, -0.15) is 0 Å². The summed E-state index contributed by atoms with van der Waals surface area (Å²) >= 11 is 3.59. The maximum absolute atomic E-state index is 10.8. The molecule has 20 heavy (non-hydrogen) atoms. The van der Waals surface area contributed by atoms with Gasteiger partial charge in [0.1, 0.15) is 0 Å². The van der Waals surface area contributed by atoms with E-state index in [0.717, 1.165) is 10.2 Å². The molecule has 0 saturated heterocycles. The predicted molar refractivity (Wildman–Crippen MR) is 80.4 cm³/mol. The number of rotatable bonds is 5. The van der Waals surface area contributed by atoms with Crippen molar-refractivity contribution in [1.82, 2.24) is 20.3 Å². The second-order valence-electron chi connectivity index (χ2n) is 4.69. The van der Waals surface area contributed by atoms with E-state index in [1.54, 1.807) is 0 Å². The number of hydrogen-bond acceptors (Lipinski definition) is 3. The summed E-state index contributed by atoms with van der Waals surface area (Å²) in [6.07, 6.45) is 2.60. The zero-order chi connectivity index (χ0) is 14.5. The maximum atomic E-state index is 10.8. The number of carbonyl (C=O) groups is 1. The molecule has 0 aliphatic heterocycles. The van der Waals surface area contributed by atoms with Crippen LogP contribution >= 0.6 is 15.9 Å². The molecule has 0 saturated carbocycles. The van der Waals surface area contributed by atoms with E-state index >= 15 is 0 Å². The Kier molecular flexibility index (Phi) is 4.89. The Balaban J connectivity index is 1.99. The van der Waals surface area contributed by atoms with Gasteiger partial charge in [0.2, 0.25) is 5.91 Å². The molecule has 1 N–H and O–H groups in total. The predicted octanol–water partition coefficient (Wildman–Crippen LogP) is 2.08. The molecule has 0 fully saturated rings. The number of benzene rings is 1. The van der Waals surface area contributed by atoms with Crippen LogP contribution in [0.15, 0.2) is 28.9 Å². The first-order valence-corrected chi connectivity index (χ1v) is 7.23. The van der Waals surface area contributed by atoms with Crippen LogP contribution < -0.4 is 5.32 Å². The van der Waals surface area contributed by atoms with Crippen LogP contribution in [0.5, 0.6) is 0 Å². The van der Waals surface area contributed by atoms with Gasteiger partial charge in [0.05, 0.1) is 12.2 Å². The number of hydrogen-bond donors (Lipinski definition) is 1. The minimum Gasteiger partial charge on any atom is -0.356 e. The van der Waals surface area contributed by atoms with Gasteiger partial charge in [0, 0.05) is 30.6 Å². The van der Waals surface area contributed by atoms with Crippen molar-refractivity contribution >= 4 is 21.8 Å². The molecule has 0 radical (unpaired) electrons. The normalized spacial score (nSPS) is 10.6. The van der Waals surface area contributed by atoms with E-state index in [2.05, 4.69) is 50.6 Å². The molecular formula is C14H17BrN4O. The Labute approximate surface area is 126 Å². The zero-order valence-corrected chi connectivity index (χ0v) is 13.1. The van der Waals surface area contributed by atoms with Gasteiger partial charge in [-0.15, -0.1) is 5.10 Å². The molecule has 1 heterocycles. The molecule has 0 atom stereocenters. The van der Waals surface area contributed by atoms with E-state index in [1.807, 2.05) is 16.9 Å². The molecule has 6 heteroatoms. The monoisotopic (exact) mass is 336 g/mol. The van der Waals surface area contributed by atoms with Crippen molar-refractivity contribution in [2.75, 3.05) is 6.54 Å². The molecule has 0 unspecified atom stereocenters. The van der Waals surface area contributed by atoms with E-state index < -0.39 is 0 Å². The number of aryl methyl sites for hydroxylation is 1. The molecule has 0 bridgehead atoms. The Hall–Kier alpha value is -1.69. The van der Waals surface area contributed by atoms with Gasteiger partial charge in [0.25, 0.3) is 0 Å². The molecule has 0 aliphatic rings. The van der Waals surface area contributed by atoms with E-state index in [1.165, 1.54) is 18.1 Å². The van der Waals surface area contributed by atoms with Crippen molar-refractivity contribution in [1.29, 1.82) is 0 Å². The molecule has 2 rings (SSSR count). The van der Waals surface area contributed by atoms with Crippen molar-refractivity contribution in [3.8, 4) is 0 Å². The quantitative estimate of drug-likeness (QED) is 0.909. The molecule has 106 valence electrons. The van der Waals surface area contributed by atoms with E-state index in [0.29, 0.717) is 19.5 Å². The standard InChI is InChI=1S/C14H17BrN4O/c1-10-4-3-5-12(14(10)15)8-19-9-13(17-18-19)6-7-16-11(2)20/h3-5,9H,6-8H2,1-2H3,(H,16,20). The van der Waals surface area contributed by atoms with Crippen molar-refractivity contribution in [3.05, 3.63) is 45.7 Å². The summed E-state index contributed by atoms with van der Waals surface area (Å²) in [7, 11) is 0. The third-order valence-electron chi connectivity index (χ3n) is 2.95. The summed E-state index contributed by atoms with van der Waals surface area (Å²) in [6, 6.07) is 6.16. The molecule has 1 amide bonds. The molecule has 2 aromatic rings. The minimum absolute atomic E-state index is 0.0268. The number of nitrogens with one attached hydrogen (secondary N) is 1. The second-order valence-corrected chi connectivity index (χ2v) is 5.48. The van der Waals surface area contributed by atoms with Gasteiger partial charge < -0.3 is 5.32 Å². The average Bonchev–Trinajstić information content (AvgIpc) is 2.82. The highest BCUT2D eigenvalue weighted by molar-refractivity contribution is 9.10. The van der Waals surface area contributed by atoms with Crippen LogP contribution in [-0.2, 0) is 17.8 Å². The van der Waals surface area contributed by atoms with Gasteiger partial charge in [0.15, 0.2) is 0 Å². The number of halogens is 1. The number of aromatic nitrogens is 3. The third kappa shape index (κ3) is 3.90. The van der Waals surface area contributed by atoms with E-state index in [4.69, 9.17) is 0 Å². The molecule has 1 aromatic heterocycles. The Morgan fingerprint density at radius 1 is 1.45 bits per heavy atom. The number of carbonyl (C=O) groups excluding carboxylic acids is 1. The summed E-state index contributed by atoms with van der Waals surface area (Å²) in [5.74, 6) is -0.0268. The summed E-state index contributed by atoms with van der Waals surface area (Å²) in [5.41, 5.74) is 3.25. The molecular weight excluding hydrogens is 320 g/mol. The number of nitrogens with zero attached hydrogens (tertiary/aromatic N) is 3. The van der Waals surface area contributed by atoms with Crippen LogP contribution in [0.2, 0.25) is 0 Å². The highest BCUT2D eigenvalue weighted by Gasteiger charge is 2.06. The van der Waals surface area contributed by atoms with Crippen LogP contribution in [0.25, 0.3) is 0 Å². The van der Waals surface area contributed by atoms with Gasteiger partial charge in [-0.05, 0) is 18.1 Å². The van der Waals surface area contributed by atoms with Crippen molar-refractivity contribution in [2.24, 2.45) is 0 Å². The van der Waals surface area contributed by atoms with E-state index in [-0.39, 0.29) is 5.91 Å². The van der Waals surface area contributed by atoms with Gasteiger partial charge >= 0.3 is 0 Å². The topological polar surface area (TPSA) is 59.8 Å². The Morgan fingerprint density at radius 3 is 3.00 bits per heavy atom. The van der Waals surface area contributed by atoms with Crippen LogP contribution in [-0.4, -0.2) is 27.4 Å². The summed E-state index contributed by atoms with van der Waals surface area (Å²) in [4.78, 5) is 10.8. The average molecular weight is 337 g/mol. The first kappa shape index (κ1) is 14.7. The van der Waals surface area contributed by atoms with Crippen molar-refractivity contribution in [3.63, 3.8) is 0 Å². The lowest BCUT2D eigenvalue weighted by atomic mass is 10.1. The Morgan fingerprint density at radius 2 is 2.25 bits per heavy atom. The van der Waals surface area contributed by atoms with Gasteiger partial charge in [-0.1, -0.05) is 39.3 Å². The number of amides is 1. The van der Waals surface area contributed by atoms with Crippen molar-refractivity contribution in [2.45, 2.75) is 26.8 Å². The smallest absolute Gasteiger partial charge is 0.216 e. The van der Waals surface area contributed by atoms with Gasteiger partial charge in [-0.25, -0.2) is 4.68 Å². The van der Waals surface area contributed by atoms with Gasteiger partial charge in [-0.3, -0.25) is 4.79 Å². The zero-order valence-electron chi connectivity index (χ0n) is 11.6. The summed E-state index contributed by atoms with van der Waals surface area (Å²) < 4.78 is 2.91. The lowest BCUT2D eigenvalue weighted by Gasteiger charge is -2.06. The summed E-state index contributed by atoms with van der Waals surface area (Å²) in [6.45, 7) is 4.83. The lowest BCUT2D eigenvalue weighted by Crippen LogP contribution is -2.22. The van der Waals surface area contributed by atoms with Crippen molar-refractivity contribution < 1.29 is 4.79 Å². The maximum Gasteiger partial charge on any atom is 0.216 e. The van der Waals surface area contributed by atoms with Crippen LogP contribution in [0.3, 0.4) is 0 Å². The van der Waals surface area contributed by atoms with E-state index in [9.17, 15) is 4.79 Å². The molecule has 0 aliphatic carbocycles. The highest BCUT2D eigenvalue weighted by atomic mass is 79.9. The molecule has 0 spiro atoms. The summed E-state index contributed by atoms with van der Waals surface area (Å²) in [5, 5.41) is 11.0. The fraction of sp³-hybridized carbons (Fsp3) is 0.357. The lowest BCUT2D eigenvalue weighted by molar-refractivity contribution is -0.118. The highest BCUT2D eigenvalue weighted by Crippen LogP contribution is 2.21. The second kappa shape index (κ2) is 6.65. The molecule has 1 aromatic carbocycles. The largest absolute Gasteiger partial charge is 0.356 e. The fourth-order valence-corrected chi connectivity index (χ4v) is 2.29. The first-order valence-electron chi connectivity index (χ1n) is 6.43. The van der Waals surface area contributed by atoms with Crippen LogP contribution in [0.1, 0.15) is 23.7 Å². The molecule has 5 nitrogen and oxygen atoms in total. The minimum atomic E-state index is -0.0268. The van der Waals surface area contributed by atoms with Crippen LogP contribution in [0, 0.1) is 6.92 Å².